The summed E-state index contributed by atoms with van der Waals surface area (Å²) < 4.78 is 18.7. The highest BCUT2D eigenvalue weighted by Gasteiger charge is 2.22. The minimum Gasteiger partial charge on any atom is -0.476 e. The Labute approximate surface area is 166 Å². The lowest BCUT2D eigenvalue weighted by atomic mass is 10.1. The molecule has 1 aromatic carbocycles. The van der Waals surface area contributed by atoms with E-state index in [0.717, 1.165) is 5.56 Å². The van der Waals surface area contributed by atoms with E-state index in [1.165, 1.54) is 31.2 Å². The van der Waals surface area contributed by atoms with Gasteiger partial charge in [-0.1, -0.05) is 23.7 Å². The smallest absolute Gasteiger partial charge is 0.234 e. The number of halogens is 2. The number of hydrogen-bond acceptors (Lipinski definition) is 6. The van der Waals surface area contributed by atoms with Crippen molar-refractivity contribution >= 4 is 29.2 Å². The fourth-order valence-electron chi connectivity index (χ4n) is 2.61. The third-order valence-corrected chi connectivity index (χ3v) is 4.71. The van der Waals surface area contributed by atoms with Crippen molar-refractivity contribution in [2.45, 2.75) is 25.8 Å². The van der Waals surface area contributed by atoms with Crippen molar-refractivity contribution in [1.29, 1.82) is 0 Å². The summed E-state index contributed by atoms with van der Waals surface area (Å²) in [7, 11) is 0. The molecular weight excluding hydrogens is 383 g/mol. The zero-order chi connectivity index (χ0) is 19.5. The number of H-pyrrole nitrogens is 1. The quantitative estimate of drug-likeness (QED) is 0.506. The molecular formula is C19H20ClFN6O. The molecule has 7 nitrogen and oxygen atoms in total. The van der Waals surface area contributed by atoms with Crippen molar-refractivity contribution in [3.8, 4) is 5.88 Å². The number of nitrogens with one attached hydrogen (secondary N) is 3. The maximum absolute atomic E-state index is 13.1. The first kappa shape index (κ1) is 18.5. The van der Waals surface area contributed by atoms with Gasteiger partial charge in [0.25, 0.3) is 0 Å². The number of rotatable bonds is 8. The third-order valence-electron chi connectivity index (χ3n) is 4.43. The molecule has 0 unspecified atom stereocenters. The summed E-state index contributed by atoms with van der Waals surface area (Å²) in [6.45, 7) is 2.63. The normalized spacial score (nSPS) is 14.5. The zero-order valence-corrected chi connectivity index (χ0v) is 16.0. The summed E-state index contributed by atoms with van der Waals surface area (Å²) in [5.74, 6) is 2.36. The first-order chi connectivity index (χ1) is 13.6. The molecule has 28 heavy (non-hydrogen) atoms. The van der Waals surface area contributed by atoms with E-state index in [0.29, 0.717) is 41.0 Å². The van der Waals surface area contributed by atoms with Gasteiger partial charge in [0.2, 0.25) is 11.8 Å². The van der Waals surface area contributed by atoms with E-state index in [2.05, 4.69) is 30.8 Å². The van der Waals surface area contributed by atoms with Gasteiger partial charge in [-0.15, -0.1) is 5.10 Å². The Hall–Kier alpha value is -2.87. The van der Waals surface area contributed by atoms with Crippen LogP contribution in [0.5, 0.6) is 5.88 Å². The van der Waals surface area contributed by atoms with E-state index in [-0.39, 0.29) is 11.9 Å². The molecule has 1 aliphatic rings. The molecule has 0 spiro atoms. The Kier molecular flexibility index (Phi) is 5.29. The monoisotopic (exact) mass is 402 g/mol. The highest BCUT2D eigenvalue weighted by Crippen LogP contribution is 2.30. The van der Waals surface area contributed by atoms with E-state index >= 15 is 0 Å². The minimum atomic E-state index is -0.273. The summed E-state index contributed by atoms with van der Waals surface area (Å²) in [5.41, 5.74) is 0.917. The molecule has 1 saturated carbocycles. The first-order valence-corrected chi connectivity index (χ1v) is 9.44. The van der Waals surface area contributed by atoms with Gasteiger partial charge in [-0.2, -0.15) is 4.98 Å². The Morgan fingerprint density at radius 2 is 2.11 bits per heavy atom. The Balaban J connectivity index is 1.42. The van der Waals surface area contributed by atoms with Crippen LogP contribution in [0.25, 0.3) is 0 Å². The molecule has 3 N–H and O–H groups in total. The topological polar surface area (TPSA) is 87.8 Å². The molecule has 9 heteroatoms. The molecule has 146 valence electrons. The summed E-state index contributed by atoms with van der Waals surface area (Å²) in [6, 6.07) is 7.93. The fraction of sp³-hybridized carbons (Fsp3) is 0.316. The van der Waals surface area contributed by atoms with Crippen LogP contribution in [-0.2, 0) is 0 Å². The van der Waals surface area contributed by atoms with E-state index in [4.69, 9.17) is 16.3 Å². The van der Waals surface area contributed by atoms with E-state index in [1.54, 1.807) is 18.2 Å². The zero-order valence-electron chi connectivity index (χ0n) is 15.2. The van der Waals surface area contributed by atoms with Crippen molar-refractivity contribution in [2.24, 2.45) is 5.92 Å². The molecule has 0 amide bonds. The molecule has 1 fully saturated rings. The number of nitrogens with zero attached hydrogens (tertiary/aromatic N) is 3. The van der Waals surface area contributed by atoms with Gasteiger partial charge in [-0.05, 0) is 43.4 Å². The Morgan fingerprint density at radius 1 is 1.32 bits per heavy atom. The number of aromatic nitrogens is 4. The van der Waals surface area contributed by atoms with Crippen LogP contribution in [0, 0.1) is 11.7 Å². The second-order valence-corrected chi connectivity index (χ2v) is 7.21. The minimum absolute atomic E-state index is 0.107. The summed E-state index contributed by atoms with van der Waals surface area (Å²) in [6.07, 6.45) is 3.95. The van der Waals surface area contributed by atoms with Gasteiger partial charge in [-0.3, -0.25) is 5.10 Å². The van der Waals surface area contributed by atoms with Crippen molar-refractivity contribution in [3.63, 3.8) is 0 Å². The summed E-state index contributed by atoms with van der Waals surface area (Å²) in [4.78, 5) is 8.62. The second kappa shape index (κ2) is 8.02. The summed E-state index contributed by atoms with van der Waals surface area (Å²) in [5, 5.41) is 13.6. The van der Waals surface area contributed by atoms with E-state index in [1.807, 2.05) is 6.92 Å². The van der Waals surface area contributed by atoms with Crippen LogP contribution in [0.1, 0.15) is 31.4 Å². The molecule has 3 aromatic rings. The number of hydrogen-bond donors (Lipinski definition) is 3. The molecule has 1 aliphatic carbocycles. The van der Waals surface area contributed by atoms with Gasteiger partial charge >= 0.3 is 0 Å². The van der Waals surface area contributed by atoms with E-state index in [9.17, 15) is 4.39 Å². The van der Waals surface area contributed by atoms with Crippen LogP contribution in [0.2, 0.25) is 5.02 Å². The number of benzene rings is 1. The maximum Gasteiger partial charge on any atom is 0.234 e. The number of ether oxygens (including phenoxy) is 1. The molecule has 4 rings (SSSR count). The van der Waals surface area contributed by atoms with Gasteiger partial charge in [0, 0.05) is 6.07 Å². The highest BCUT2D eigenvalue weighted by molar-refractivity contribution is 6.32. The van der Waals surface area contributed by atoms with Gasteiger partial charge in [0.1, 0.15) is 16.7 Å². The second-order valence-electron chi connectivity index (χ2n) is 6.81. The SMILES string of the molecule is C[C@H](Nc1ncc(Cl)c(Nc2cc(OCC3CC3)n[nH]2)n1)c1ccc(F)cc1. The molecule has 2 heterocycles. The number of aromatic amines is 1. The van der Waals surface area contributed by atoms with Crippen LogP contribution in [0.3, 0.4) is 0 Å². The average Bonchev–Trinajstić information content (AvgIpc) is 3.41. The number of anilines is 3. The average molecular weight is 403 g/mol. The lowest BCUT2D eigenvalue weighted by Crippen LogP contribution is -2.10. The van der Waals surface area contributed by atoms with Crippen LogP contribution < -0.4 is 15.4 Å². The summed E-state index contributed by atoms with van der Waals surface area (Å²) >= 11 is 6.21. The van der Waals surface area contributed by atoms with Gasteiger partial charge in [0.15, 0.2) is 5.82 Å². The molecule has 2 aromatic heterocycles. The van der Waals surface area contributed by atoms with Crippen molar-refractivity contribution < 1.29 is 9.13 Å². The highest BCUT2D eigenvalue weighted by atomic mass is 35.5. The fourth-order valence-corrected chi connectivity index (χ4v) is 2.75. The van der Waals surface area contributed by atoms with Gasteiger partial charge in [0.05, 0.1) is 18.8 Å². The molecule has 1 atom stereocenters. The Morgan fingerprint density at radius 3 is 2.86 bits per heavy atom. The third kappa shape index (κ3) is 4.69. The van der Waals surface area contributed by atoms with Crippen molar-refractivity contribution in [3.05, 3.63) is 52.9 Å². The van der Waals surface area contributed by atoms with Crippen molar-refractivity contribution in [1.82, 2.24) is 20.2 Å². The predicted molar refractivity (Wildman–Crippen MR) is 106 cm³/mol. The lowest BCUT2D eigenvalue weighted by Gasteiger charge is -2.15. The van der Waals surface area contributed by atoms with Crippen LogP contribution in [0.4, 0.5) is 22.0 Å². The first-order valence-electron chi connectivity index (χ1n) is 9.06. The largest absolute Gasteiger partial charge is 0.476 e. The standard InChI is InChI=1S/C19H20ClFN6O/c1-11(13-4-6-14(21)7-5-13)23-19-22-9-15(20)18(25-19)24-16-8-17(27-26-16)28-10-12-2-3-12/h4-9,11-12H,2-3,10H2,1H3,(H3,22,23,24,25,26,27)/t11-/m0/s1. The maximum atomic E-state index is 13.1. The molecule has 0 bridgehead atoms. The van der Waals surface area contributed by atoms with Crippen LogP contribution in [-0.4, -0.2) is 26.8 Å². The Bertz CT molecular complexity index is 944. The van der Waals surface area contributed by atoms with E-state index < -0.39 is 0 Å². The van der Waals surface area contributed by atoms with Gasteiger partial charge < -0.3 is 15.4 Å². The van der Waals surface area contributed by atoms with Crippen LogP contribution in [0.15, 0.2) is 36.5 Å². The molecule has 0 radical (unpaired) electrons. The molecule has 0 aliphatic heterocycles. The predicted octanol–water partition coefficient (Wildman–Crippen LogP) is 4.70. The lowest BCUT2D eigenvalue weighted by molar-refractivity contribution is 0.288. The van der Waals surface area contributed by atoms with Crippen molar-refractivity contribution in [2.75, 3.05) is 17.2 Å². The van der Waals surface area contributed by atoms with Gasteiger partial charge in [-0.25, -0.2) is 9.37 Å². The van der Waals surface area contributed by atoms with Crippen LogP contribution >= 0.6 is 11.6 Å². The molecule has 0 saturated heterocycles.